The summed E-state index contributed by atoms with van der Waals surface area (Å²) in [5.74, 6) is 0. The van der Waals surface area contributed by atoms with Crippen molar-refractivity contribution >= 4 is 5.71 Å². The van der Waals surface area contributed by atoms with Crippen LogP contribution < -0.4 is 0 Å². The Morgan fingerprint density at radius 2 is 2.10 bits per heavy atom. The Morgan fingerprint density at radius 1 is 1.50 bits per heavy atom. The van der Waals surface area contributed by atoms with Gasteiger partial charge in [0.2, 0.25) is 0 Å². The summed E-state index contributed by atoms with van der Waals surface area (Å²) in [7, 11) is 0. The van der Waals surface area contributed by atoms with Gasteiger partial charge < -0.3 is 5.41 Å². The van der Waals surface area contributed by atoms with Gasteiger partial charge in [0.1, 0.15) is 0 Å². The fourth-order valence-electron chi connectivity index (χ4n) is 0.714. The Bertz CT molecular complexity index is 164. The third-order valence-corrected chi connectivity index (χ3v) is 1.27. The molecule has 0 aliphatic heterocycles. The van der Waals surface area contributed by atoms with E-state index in [1.807, 2.05) is 26.0 Å². The summed E-state index contributed by atoms with van der Waals surface area (Å²) in [4.78, 5) is 0. The topological polar surface area (TPSA) is 23.9 Å². The maximum absolute atomic E-state index is 7.44. The maximum Gasteiger partial charge on any atom is 0.0562 e. The first-order valence-electron chi connectivity index (χ1n) is 3.60. The van der Waals surface area contributed by atoms with Gasteiger partial charge in [0.25, 0.3) is 0 Å². The van der Waals surface area contributed by atoms with Crippen LogP contribution in [-0.2, 0) is 0 Å². The standard InChI is InChI=1S/C9H15N/c1-4-6-8(3)9(10)7-5-2/h5-7,10H,4H2,1-3H3/b7-5-,8-6?,10-9?. The van der Waals surface area contributed by atoms with Crippen LogP contribution in [0.25, 0.3) is 0 Å². The monoisotopic (exact) mass is 137 g/mol. The van der Waals surface area contributed by atoms with E-state index in [0.29, 0.717) is 5.71 Å². The zero-order valence-corrected chi connectivity index (χ0v) is 6.94. The minimum atomic E-state index is 0.615. The molecule has 0 bridgehead atoms. The van der Waals surface area contributed by atoms with Crippen molar-refractivity contribution in [3.8, 4) is 0 Å². The Hall–Kier alpha value is -0.850. The van der Waals surface area contributed by atoms with Gasteiger partial charge in [-0.15, -0.1) is 0 Å². The number of hydrogen-bond donors (Lipinski definition) is 1. The summed E-state index contributed by atoms with van der Waals surface area (Å²) in [6.07, 6.45) is 6.75. The molecule has 0 unspecified atom stereocenters. The lowest BCUT2D eigenvalue weighted by Crippen LogP contribution is -1.91. The van der Waals surface area contributed by atoms with E-state index in [2.05, 4.69) is 13.0 Å². The Kier molecular flexibility index (Phi) is 4.55. The smallest absolute Gasteiger partial charge is 0.0562 e. The van der Waals surface area contributed by atoms with E-state index in [9.17, 15) is 0 Å². The van der Waals surface area contributed by atoms with Crippen molar-refractivity contribution in [1.82, 2.24) is 0 Å². The predicted octanol–water partition coefficient (Wildman–Crippen LogP) is 2.94. The lowest BCUT2D eigenvalue weighted by Gasteiger charge is -1.95. The summed E-state index contributed by atoms with van der Waals surface area (Å²) >= 11 is 0. The summed E-state index contributed by atoms with van der Waals surface area (Å²) < 4.78 is 0. The normalized spacial score (nSPS) is 12.5. The molecule has 0 aliphatic carbocycles. The van der Waals surface area contributed by atoms with Gasteiger partial charge in [-0.2, -0.15) is 0 Å². The second-order valence-electron chi connectivity index (χ2n) is 2.21. The summed E-state index contributed by atoms with van der Waals surface area (Å²) in [5.41, 5.74) is 1.67. The van der Waals surface area contributed by atoms with Crippen molar-refractivity contribution in [2.24, 2.45) is 0 Å². The van der Waals surface area contributed by atoms with E-state index in [1.165, 1.54) is 0 Å². The molecule has 10 heavy (non-hydrogen) atoms. The lowest BCUT2D eigenvalue weighted by atomic mass is 10.1. The van der Waals surface area contributed by atoms with E-state index in [0.717, 1.165) is 12.0 Å². The first-order chi connectivity index (χ1) is 4.72. The molecule has 0 atom stereocenters. The Labute approximate surface area is 63.0 Å². The maximum atomic E-state index is 7.44. The van der Waals surface area contributed by atoms with E-state index in [4.69, 9.17) is 5.41 Å². The summed E-state index contributed by atoms with van der Waals surface area (Å²) in [5, 5.41) is 7.44. The first-order valence-corrected chi connectivity index (χ1v) is 3.60. The second kappa shape index (κ2) is 4.98. The zero-order chi connectivity index (χ0) is 7.98. The van der Waals surface area contributed by atoms with Gasteiger partial charge in [0.15, 0.2) is 0 Å². The first kappa shape index (κ1) is 9.15. The fourth-order valence-corrected chi connectivity index (χ4v) is 0.714. The second-order valence-corrected chi connectivity index (χ2v) is 2.21. The van der Waals surface area contributed by atoms with Crippen LogP contribution in [0.2, 0.25) is 0 Å². The number of nitrogens with one attached hydrogen (secondary N) is 1. The molecule has 1 heteroatoms. The summed E-state index contributed by atoms with van der Waals surface area (Å²) in [6.45, 7) is 5.96. The van der Waals surface area contributed by atoms with E-state index in [1.54, 1.807) is 0 Å². The zero-order valence-electron chi connectivity index (χ0n) is 6.94. The largest absolute Gasteiger partial charge is 0.301 e. The lowest BCUT2D eigenvalue weighted by molar-refractivity contribution is 1.20. The van der Waals surface area contributed by atoms with E-state index in [-0.39, 0.29) is 0 Å². The average Bonchev–Trinajstić information content (AvgIpc) is 1.89. The fraction of sp³-hybridized carbons (Fsp3) is 0.444. The average molecular weight is 137 g/mol. The van der Waals surface area contributed by atoms with Gasteiger partial charge in [0.05, 0.1) is 5.71 Å². The van der Waals surface area contributed by atoms with Gasteiger partial charge >= 0.3 is 0 Å². The number of allylic oxidation sites excluding steroid dienone is 4. The highest BCUT2D eigenvalue weighted by Gasteiger charge is 1.90. The highest BCUT2D eigenvalue weighted by molar-refractivity contribution is 6.05. The van der Waals surface area contributed by atoms with Crippen molar-refractivity contribution in [3.05, 3.63) is 23.8 Å². The minimum Gasteiger partial charge on any atom is -0.301 e. The third-order valence-electron chi connectivity index (χ3n) is 1.27. The van der Waals surface area contributed by atoms with Crippen LogP contribution >= 0.6 is 0 Å². The molecule has 1 N–H and O–H groups in total. The molecular weight excluding hydrogens is 122 g/mol. The molecule has 0 aromatic carbocycles. The number of rotatable bonds is 3. The molecule has 1 nitrogen and oxygen atoms in total. The third kappa shape index (κ3) is 3.23. The summed E-state index contributed by atoms with van der Waals surface area (Å²) in [6, 6.07) is 0. The molecule has 56 valence electrons. The molecule has 0 aromatic heterocycles. The molecule has 0 saturated heterocycles. The van der Waals surface area contributed by atoms with Gasteiger partial charge in [-0.25, -0.2) is 0 Å². The van der Waals surface area contributed by atoms with Crippen LogP contribution in [0.4, 0.5) is 0 Å². The van der Waals surface area contributed by atoms with Crippen LogP contribution in [0.3, 0.4) is 0 Å². The van der Waals surface area contributed by atoms with Crippen molar-refractivity contribution < 1.29 is 0 Å². The number of hydrogen-bond acceptors (Lipinski definition) is 1. The molecule has 0 heterocycles. The van der Waals surface area contributed by atoms with Crippen molar-refractivity contribution in [3.63, 3.8) is 0 Å². The molecule has 0 fully saturated rings. The quantitative estimate of drug-likeness (QED) is 0.578. The highest BCUT2D eigenvalue weighted by Crippen LogP contribution is 1.97. The molecule has 0 aromatic rings. The SMILES string of the molecule is C/C=C\C(=N)C(C)=CCC. The van der Waals surface area contributed by atoms with Gasteiger partial charge in [-0.3, -0.25) is 0 Å². The molecule has 0 spiro atoms. The molecule has 0 saturated carbocycles. The van der Waals surface area contributed by atoms with Gasteiger partial charge in [0, 0.05) is 0 Å². The molecule has 0 amide bonds. The van der Waals surface area contributed by atoms with E-state index >= 15 is 0 Å². The van der Waals surface area contributed by atoms with Crippen LogP contribution in [0.5, 0.6) is 0 Å². The molecule has 0 aliphatic rings. The highest BCUT2D eigenvalue weighted by atomic mass is 14.4. The van der Waals surface area contributed by atoms with Gasteiger partial charge in [-0.1, -0.05) is 19.1 Å². The molecular formula is C9H15N. The van der Waals surface area contributed by atoms with Crippen molar-refractivity contribution in [2.75, 3.05) is 0 Å². The van der Waals surface area contributed by atoms with Crippen LogP contribution in [0.15, 0.2) is 23.8 Å². The van der Waals surface area contributed by atoms with E-state index < -0.39 is 0 Å². The predicted molar refractivity (Wildman–Crippen MR) is 46.6 cm³/mol. The minimum absolute atomic E-state index is 0.615. The van der Waals surface area contributed by atoms with Crippen LogP contribution in [0, 0.1) is 5.41 Å². The van der Waals surface area contributed by atoms with Crippen molar-refractivity contribution in [1.29, 1.82) is 5.41 Å². The Morgan fingerprint density at radius 3 is 2.50 bits per heavy atom. The molecule has 0 rings (SSSR count). The Balaban J connectivity index is 4.07. The van der Waals surface area contributed by atoms with Crippen molar-refractivity contribution in [2.45, 2.75) is 27.2 Å². The van der Waals surface area contributed by atoms with Gasteiger partial charge in [-0.05, 0) is 31.9 Å². The molecule has 0 radical (unpaired) electrons. The van der Waals surface area contributed by atoms with Crippen LogP contribution in [-0.4, -0.2) is 5.71 Å². The van der Waals surface area contributed by atoms with Crippen LogP contribution in [0.1, 0.15) is 27.2 Å².